The molecule has 1 aliphatic heterocycles. The topological polar surface area (TPSA) is 12.5 Å². The average Bonchev–Trinajstić information content (AvgIpc) is 2.01. The fourth-order valence-corrected chi connectivity index (χ4v) is 1.43. The van der Waals surface area contributed by atoms with Gasteiger partial charge < -0.3 is 9.64 Å². The van der Waals surface area contributed by atoms with Crippen molar-refractivity contribution in [3.8, 4) is 0 Å². The van der Waals surface area contributed by atoms with Crippen LogP contribution in [0.3, 0.4) is 0 Å². The van der Waals surface area contributed by atoms with Crippen LogP contribution in [0.5, 0.6) is 0 Å². The Bertz CT molecular complexity index is 106. The van der Waals surface area contributed by atoms with Crippen LogP contribution in [-0.2, 0) is 4.74 Å². The minimum Gasteiger partial charge on any atom is -0.457 e. The van der Waals surface area contributed by atoms with Crippen molar-refractivity contribution in [2.24, 2.45) is 0 Å². The molecule has 0 amide bonds. The highest BCUT2D eigenvalue weighted by molar-refractivity contribution is 4.72. The Hall–Kier alpha value is -0.0800. The first-order valence-corrected chi connectivity index (χ1v) is 4.50. The molecule has 0 N–H and O–H groups in total. The number of hydrogen-bond acceptors (Lipinski definition) is 2. The smallest absolute Gasteiger partial charge is 0.0678 e. The largest absolute Gasteiger partial charge is 0.457 e. The summed E-state index contributed by atoms with van der Waals surface area (Å²) in [4.78, 5) is 2.10. The van der Waals surface area contributed by atoms with E-state index in [1.165, 1.54) is 12.8 Å². The SMILES string of the molecule is [CH2-]N1CCC[C@@H](OCCC)C1. The van der Waals surface area contributed by atoms with Gasteiger partial charge in [-0.25, -0.2) is 0 Å². The van der Waals surface area contributed by atoms with Gasteiger partial charge in [-0.3, -0.25) is 7.05 Å². The van der Waals surface area contributed by atoms with E-state index in [1.54, 1.807) is 0 Å². The number of nitrogens with zero attached hydrogens (tertiary/aromatic N) is 1. The molecule has 2 nitrogen and oxygen atoms in total. The van der Waals surface area contributed by atoms with Gasteiger partial charge in [0.2, 0.25) is 0 Å². The molecule has 0 aromatic rings. The molecule has 66 valence electrons. The fraction of sp³-hybridized carbons (Fsp3) is 0.889. The number of piperidine rings is 1. The van der Waals surface area contributed by atoms with E-state index in [-0.39, 0.29) is 0 Å². The summed E-state index contributed by atoms with van der Waals surface area (Å²) in [6.45, 7) is 5.19. The molecular formula is C9H18NO-. The summed E-state index contributed by atoms with van der Waals surface area (Å²) in [5.74, 6) is 0. The molecular weight excluding hydrogens is 138 g/mol. The second-order valence-corrected chi connectivity index (χ2v) is 3.21. The van der Waals surface area contributed by atoms with E-state index >= 15 is 0 Å². The van der Waals surface area contributed by atoms with E-state index in [0.717, 1.165) is 26.1 Å². The van der Waals surface area contributed by atoms with Crippen LogP contribution in [0, 0.1) is 7.05 Å². The number of likely N-dealkylation sites (tertiary alicyclic amines) is 1. The van der Waals surface area contributed by atoms with Gasteiger partial charge in [0, 0.05) is 6.61 Å². The van der Waals surface area contributed by atoms with Crippen LogP contribution in [0.25, 0.3) is 0 Å². The summed E-state index contributed by atoms with van der Waals surface area (Å²) < 4.78 is 5.62. The van der Waals surface area contributed by atoms with Crippen molar-refractivity contribution >= 4 is 0 Å². The highest BCUT2D eigenvalue weighted by Gasteiger charge is 2.13. The third-order valence-electron chi connectivity index (χ3n) is 2.02. The molecule has 1 atom stereocenters. The van der Waals surface area contributed by atoms with E-state index in [4.69, 9.17) is 4.74 Å². The first-order valence-electron chi connectivity index (χ1n) is 4.50. The van der Waals surface area contributed by atoms with Crippen molar-refractivity contribution in [3.05, 3.63) is 7.05 Å². The molecule has 0 unspecified atom stereocenters. The Labute approximate surface area is 69.5 Å². The Balaban J connectivity index is 2.12. The molecule has 0 aromatic heterocycles. The van der Waals surface area contributed by atoms with Crippen molar-refractivity contribution < 1.29 is 4.74 Å². The lowest BCUT2D eigenvalue weighted by molar-refractivity contribution is 0.0112. The number of rotatable bonds is 3. The van der Waals surface area contributed by atoms with Crippen molar-refractivity contribution in [2.75, 3.05) is 19.7 Å². The van der Waals surface area contributed by atoms with Crippen LogP contribution in [0.15, 0.2) is 0 Å². The summed E-state index contributed by atoms with van der Waals surface area (Å²) in [5, 5.41) is 0. The summed E-state index contributed by atoms with van der Waals surface area (Å²) in [7, 11) is 3.91. The van der Waals surface area contributed by atoms with Gasteiger partial charge in [0.25, 0.3) is 0 Å². The third-order valence-corrected chi connectivity index (χ3v) is 2.02. The lowest BCUT2D eigenvalue weighted by Crippen LogP contribution is -2.35. The van der Waals surface area contributed by atoms with E-state index in [2.05, 4.69) is 18.9 Å². The molecule has 1 aliphatic rings. The molecule has 0 saturated carbocycles. The standard InChI is InChI=1S/C9H18NO/c1-3-7-11-9-5-4-6-10(2)8-9/h9H,2-8H2,1H3/q-1/t9-/m1/s1. The summed E-state index contributed by atoms with van der Waals surface area (Å²) in [6, 6.07) is 0. The Morgan fingerprint density at radius 1 is 1.64 bits per heavy atom. The quantitative estimate of drug-likeness (QED) is 0.576. The third kappa shape index (κ3) is 3.21. The Kier molecular flexibility index (Phi) is 3.87. The maximum Gasteiger partial charge on any atom is 0.0678 e. The van der Waals surface area contributed by atoms with Crippen LogP contribution in [0.1, 0.15) is 26.2 Å². The summed E-state index contributed by atoms with van der Waals surface area (Å²) in [6.07, 6.45) is 4.01. The van der Waals surface area contributed by atoms with Crippen molar-refractivity contribution in [3.63, 3.8) is 0 Å². The van der Waals surface area contributed by atoms with Crippen LogP contribution in [0.2, 0.25) is 0 Å². The number of ether oxygens (including phenoxy) is 1. The van der Waals surface area contributed by atoms with E-state index in [0.29, 0.717) is 6.10 Å². The average molecular weight is 156 g/mol. The van der Waals surface area contributed by atoms with Gasteiger partial charge in [0.15, 0.2) is 0 Å². The molecule has 0 aliphatic carbocycles. The summed E-state index contributed by atoms with van der Waals surface area (Å²) >= 11 is 0. The van der Waals surface area contributed by atoms with E-state index in [9.17, 15) is 0 Å². The first-order chi connectivity index (χ1) is 5.33. The molecule has 0 radical (unpaired) electrons. The van der Waals surface area contributed by atoms with Gasteiger partial charge in [0.1, 0.15) is 0 Å². The number of hydrogen-bond donors (Lipinski definition) is 0. The van der Waals surface area contributed by atoms with Gasteiger partial charge in [-0.15, -0.1) is 0 Å². The summed E-state index contributed by atoms with van der Waals surface area (Å²) in [5.41, 5.74) is 0. The van der Waals surface area contributed by atoms with Gasteiger partial charge in [-0.2, -0.15) is 0 Å². The Morgan fingerprint density at radius 3 is 3.09 bits per heavy atom. The van der Waals surface area contributed by atoms with Crippen molar-refractivity contribution in [1.82, 2.24) is 4.90 Å². The predicted molar refractivity (Wildman–Crippen MR) is 46.2 cm³/mol. The normalized spacial score (nSPS) is 27.3. The second-order valence-electron chi connectivity index (χ2n) is 3.21. The van der Waals surface area contributed by atoms with Crippen LogP contribution >= 0.6 is 0 Å². The lowest BCUT2D eigenvalue weighted by Gasteiger charge is -2.35. The minimum atomic E-state index is 0.446. The monoisotopic (exact) mass is 156 g/mol. The highest BCUT2D eigenvalue weighted by Crippen LogP contribution is 2.11. The molecule has 1 rings (SSSR count). The van der Waals surface area contributed by atoms with Gasteiger partial charge in [0.05, 0.1) is 6.10 Å². The molecule has 0 aromatic carbocycles. The second kappa shape index (κ2) is 4.73. The zero-order valence-corrected chi connectivity index (χ0v) is 7.38. The van der Waals surface area contributed by atoms with Crippen LogP contribution in [-0.4, -0.2) is 30.7 Å². The molecule has 2 heteroatoms. The van der Waals surface area contributed by atoms with Gasteiger partial charge >= 0.3 is 0 Å². The maximum absolute atomic E-state index is 5.62. The molecule has 1 heterocycles. The van der Waals surface area contributed by atoms with Crippen molar-refractivity contribution in [1.29, 1.82) is 0 Å². The van der Waals surface area contributed by atoms with E-state index < -0.39 is 0 Å². The van der Waals surface area contributed by atoms with Crippen LogP contribution < -0.4 is 0 Å². The van der Waals surface area contributed by atoms with Gasteiger partial charge in [-0.1, -0.05) is 6.92 Å². The van der Waals surface area contributed by atoms with Gasteiger partial charge in [-0.05, 0) is 32.4 Å². The zero-order valence-electron chi connectivity index (χ0n) is 7.38. The maximum atomic E-state index is 5.62. The van der Waals surface area contributed by atoms with E-state index in [1.807, 2.05) is 0 Å². The molecule has 0 bridgehead atoms. The minimum absolute atomic E-state index is 0.446. The van der Waals surface area contributed by atoms with Crippen LogP contribution in [0.4, 0.5) is 0 Å². The molecule has 0 spiro atoms. The predicted octanol–water partition coefficient (Wildman–Crippen LogP) is 1.67. The highest BCUT2D eigenvalue weighted by atomic mass is 16.5. The Morgan fingerprint density at radius 2 is 2.45 bits per heavy atom. The molecule has 11 heavy (non-hydrogen) atoms. The lowest BCUT2D eigenvalue weighted by atomic mass is 10.1. The van der Waals surface area contributed by atoms with Crippen molar-refractivity contribution in [2.45, 2.75) is 32.3 Å². The molecule has 1 saturated heterocycles. The first kappa shape index (κ1) is 9.01. The zero-order chi connectivity index (χ0) is 8.10. The fourth-order valence-electron chi connectivity index (χ4n) is 1.43. The molecule has 1 fully saturated rings.